The smallest absolute Gasteiger partial charge is 0.278 e. The van der Waals surface area contributed by atoms with Crippen LogP contribution in [0.25, 0.3) is 5.57 Å². The molecule has 0 radical (unpaired) electrons. The van der Waals surface area contributed by atoms with Crippen molar-refractivity contribution in [1.82, 2.24) is 4.90 Å². The molecule has 1 aliphatic carbocycles. The van der Waals surface area contributed by atoms with Gasteiger partial charge in [0, 0.05) is 30.9 Å². The van der Waals surface area contributed by atoms with Gasteiger partial charge in [0.05, 0.1) is 5.57 Å². The van der Waals surface area contributed by atoms with Crippen LogP contribution in [-0.2, 0) is 14.4 Å². The number of carbonyl (C=O) groups is 3. The zero-order chi connectivity index (χ0) is 23.4. The minimum absolute atomic E-state index is 0.0619. The van der Waals surface area contributed by atoms with Crippen LogP contribution in [0.5, 0.6) is 0 Å². The topological polar surface area (TPSA) is 69.7 Å². The highest BCUT2D eigenvalue weighted by Crippen LogP contribution is 2.37. The Morgan fingerprint density at radius 1 is 0.939 bits per heavy atom. The fourth-order valence-corrected chi connectivity index (χ4v) is 4.89. The Morgan fingerprint density at radius 2 is 1.58 bits per heavy atom. The summed E-state index contributed by atoms with van der Waals surface area (Å²) in [5.74, 6) is -0.586. The maximum atomic E-state index is 13.8. The van der Waals surface area contributed by atoms with Gasteiger partial charge in [0.2, 0.25) is 5.91 Å². The highest BCUT2D eigenvalue weighted by Gasteiger charge is 2.44. The molecule has 0 atom stereocenters. The number of carbonyl (C=O) groups excluding carboxylic acids is 3. The average molecular weight is 446 g/mol. The van der Waals surface area contributed by atoms with Gasteiger partial charge >= 0.3 is 0 Å². The predicted octanol–water partition coefficient (Wildman–Crippen LogP) is 4.97. The minimum Gasteiger partial charge on any atom is -0.337 e. The molecule has 0 saturated heterocycles. The molecule has 33 heavy (non-hydrogen) atoms. The van der Waals surface area contributed by atoms with E-state index in [9.17, 15) is 14.4 Å². The zero-order valence-corrected chi connectivity index (χ0v) is 19.3. The summed E-state index contributed by atoms with van der Waals surface area (Å²) < 4.78 is 0. The lowest BCUT2D eigenvalue weighted by Crippen LogP contribution is -2.42. The molecule has 1 saturated carbocycles. The molecular formula is C27H31N3O3. The molecule has 1 aliphatic heterocycles. The first-order chi connectivity index (χ1) is 16.0. The number of nitrogens with one attached hydrogen (secondary N) is 1. The molecule has 0 unspecified atom stereocenters. The van der Waals surface area contributed by atoms with Crippen molar-refractivity contribution in [2.45, 2.75) is 58.4 Å². The third kappa shape index (κ3) is 4.70. The molecule has 1 heterocycles. The first-order valence-electron chi connectivity index (χ1n) is 11.8. The normalized spacial score (nSPS) is 17.3. The second kappa shape index (κ2) is 10.0. The number of para-hydroxylation sites is 1. The summed E-state index contributed by atoms with van der Waals surface area (Å²) in [4.78, 5) is 42.5. The van der Waals surface area contributed by atoms with Crippen molar-refractivity contribution in [2.24, 2.45) is 0 Å². The van der Waals surface area contributed by atoms with Gasteiger partial charge < -0.3 is 10.2 Å². The third-order valence-corrected chi connectivity index (χ3v) is 6.43. The maximum absolute atomic E-state index is 13.8. The predicted molar refractivity (Wildman–Crippen MR) is 130 cm³/mol. The molecule has 2 aliphatic rings. The van der Waals surface area contributed by atoms with Crippen molar-refractivity contribution < 1.29 is 14.4 Å². The van der Waals surface area contributed by atoms with E-state index in [1.165, 1.54) is 11.8 Å². The van der Waals surface area contributed by atoms with E-state index in [1.807, 2.05) is 42.2 Å². The van der Waals surface area contributed by atoms with Crippen LogP contribution in [0.15, 0.2) is 60.3 Å². The SMILES string of the molecule is CCN(C1=C(c2ccc(NC(C)=O)cc2)C(=O)N(C2CCCCCC2)C1=O)c1ccccc1. The molecule has 0 bridgehead atoms. The van der Waals surface area contributed by atoms with Crippen LogP contribution in [0.4, 0.5) is 11.4 Å². The van der Waals surface area contributed by atoms with E-state index in [0.29, 0.717) is 29.1 Å². The third-order valence-electron chi connectivity index (χ3n) is 6.43. The van der Waals surface area contributed by atoms with Gasteiger partial charge in [0.15, 0.2) is 0 Å². The quantitative estimate of drug-likeness (QED) is 0.503. The molecule has 6 nitrogen and oxygen atoms in total. The Labute approximate surface area is 195 Å². The minimum atomic E-state index is -0.219. The Bertz CT molecular complexity index is 1050. The molecule has 1 N–H and O–H groups in total. The molecule has 3 amide bonds. The van der Waals surface area contributed by atoms with Crippen LogP contribution in [0.1, 0.15) is 57.9 Å². The van der Waals surface area contributed by atoms with Crippen molar-refractivity contribution >= 4 is 34.7 Å². The van der Waals surface area contributed by atoms with Crippen LogP contribution in [-0.4, -0.2) is 35.2 Å². The van der Waals surface area contributed by atoms with E-state index in [2.05, 4.69) is 5.32 Å². The number of benzene rings is 2. The monoisotopic (exact) mass is 445 g/mol. The standard InChI is InChI=1S/C27H31N3O3/c1-3-29(22-11-9-6-10-12-22)25-24(20-15-17-21(18-16-20)28-19(2)31)26(32)30(27(25)33)23-13-7-4-5-8-14-23/h6,9-12,15-18,23H,3-5,7-8,13-14H2,1-2H3,(H,28,31). The van der Waals surface area contributed by atoms with Gasteiger partial charge in [-0.3, -0.25) is 19.3 Å². The van der Waals surface area contributed by atoms with E-state index in [-0.39, 0.29) is 23.8 Å². The van der Waals surface area contributed by atoms with Gasteiger partial charge in [-0.25, -0.2) is 0 Å². The number of hydrogen-bond donors (Lipinski definition) is 1. The molecular weight excluding hydrogens is 414 g/mol. The number of rotatable bonds is 6. The van der Waals surface area contributed by atoms with Crippen molar-refractivity contribution in [1.29, 1.82) is 0 Å². The van der Waals surface area contributed by atoms with Gasteiger partial charge in [0.1, 0.15) is 5.70 Å². The van der Waals surface area contributed by atoms with Gasteiger partial charge in [-0.2, -0.15) is 0 Å². The van der Waals surface area contributed by atoms with Crippen molar-refractivity contribution in [3.63, 3.8) is 0 Å². The lowest BCUT2D eigenvalue weighted by atomic mass is 10.0. The fourth-order valence-electron chi connectivity index (χ4n) is 4.89. The summed E-state index contributed by atoms with van der Waals surface area (Å²) in [6.07, 6.45) is 6.08. The lowest BCUT2D eigenvalue weighted by molar-refractivity contribution is -0.139. The molecule has 2 aromatic rings. The van der Waals surface area contributed by atoms with Gasteiger partial charge in [-0.15, -0.1) is 0 Å². The fraction of sp³-hybridized carbons (Fsp3) is 0.370. The van der Waals surface area contributed by atoms with Crippen molar-refractivity contribution in [2.75, 3.05) is 16.8 Å². The summed E-state index contributed by atoms with van der Waals surface area (Å²) in [5, 5.41) is 2.75. The van der Waals surface area contributed by atoms with Gasteiger partial charge in [0.25, 0.3) is 11.8 Å². The first-order valence-corrected chi connectivity index (χ1v) is 11.8. The van der Waals surface area contributed by atoms with Crippen LogP contribution in [0, 0.1) is 0 Å². The summed E-state index contributed by atoms with van der Waals surface area (Å²) in [6, 6.07) is 16.8. The number of anilines is 2. The number of nitrogens with zero attached hydrogens (tertiary/aromatic N) is 2. The van der Waals surface area contributed by atoms with Gasteiger partial charge in [-0.1, -0.05) is 56.0 Å². The van der Waals surface area contributed by atoms with Crippen LogP contribution in [0.3, 0.4) is 0 Å². The van der Waals surface area contributed by atoms with Crippen molar-refractivity contribution in [3.05, 3.63) is 65.9 Å². The van der Waals surface area contributed by atoms with Crippen LogP contribution < -0.4 is 10.2 Å². The molecule has 6 heteroatoms. The summed E-state index contributed by atoms with van der Waals surface area (Å²) in [7, 11) is 0. The number of amides is 3. The highest BCUT2D eigenvalue weighted by molar-refractivity contribution is 6.37. The first kappa shape index (κ1) is 22.8. The Hall–Kier alpha value is -3.41. The second-order valence-electron chi connectivity index (χ2n) is 8.69. The Morgan fingerprint density at radius 3 is 2.15 bits per heavy atom. The lowest BCUT2D eigenvalue weighted by Gasteiger charge is -2.28. The second-order valence-corrected chi connectivity index (χ2v) is 8.69. The van der Waals surface area contributed by atoms with E-state index in [4.69, 9.17) is 0 Å². The van der Waals surface area contributed by atoms with E-state index in [1.54, 1.807) is 24.3 Å². The number of hydrogen-bond acceptors (Lipinski definition) is 4. The summed E-state index contributed by atoms with van der Waals surface area (Å²) in [5.41, 5.74) is 3.09. The van der Waals surface area contributed by atoms with Crippen LogP contribution in [0.2, 0.25) is 0 Å². The maximum Gasteiger partial charge on any atom is 0.278 e. The molecule has 4 rings (SSSR count). The largest absolute Gasteiger partial charge is 0.337 e. The molecule has 2 aromatic carbocycles. The Kier molecular flexibility index (Phi) is 6.92. The molecule has 1 fully saturated rings. The van der Waals surface area contributed by atoms with Crippen molar-refractivity contribution in [3.8, 4) is 0 Å². The summed E-state index contributed by atoms with van der Waals surface area (Å²) >= 11 is 0. The van der Waals surface area contributed by atoms with E-state index >= 15 is 0 Å². The van der Waals surface area contributed by atoms with Gasteiger partial charge in [-0.05, 0) is 49.6 Å². The van der Waals surface area contributed by atoms with Crippen LogP contribution >= 0.6 is 0 Å². The van der Waals surface area contributed by atoms with E-state index in [0.717, 1.165) is 44.2 Å². The number of imide groups is 1. The average Bonchev–Trinajstić information content (AvgIpc) is 2.97. The Balaban J connectivity index is 1.79. The molecule has 0 aromatic heterocycles. The van der Waals surface area contributed by atoms with E-state index < -0.39 is 0 Å². The highest BCUT2D eigenvalue weighted by atomic mass is 16.2. The molecule has 172 valence electrons. The molecule has 0 spiro atoms. The zero-order valence-electron chi connectivity index (χ0n) is 19.3. The summed E-state index contributed by atoms with van der Waals surface area (Å²) in [6.45, 7) is 4.01. The number of likely N-dealkylation sites (N-methyl/N-ethyl adjacent to an activating group) is 1.